The molecule has 0 saturated heterocycles. The summed E-state index contributed by atoms with van der Waals surface area (Å²) in [6, 6.07) is 86.5. The largest absolute Gasteiger partial charge is 0.455 e. The zero-order valence-corrected chi connectivity index (χ0v) is 35.6. The van der Waals surface area contributed by atoms with Gasteiger partial charge in [-0.2, -0.15) is 0 Å². The molecule has 0 spiro atoms. The van der Waals surface area contributed by atoms with Gasteiger partial charge in [-0.15, -0.1) is 11.3 Å². The summed E-state index contributed by atoms with van der Waals surface area (Å²) in [4.78, 5) is 2.42. The Morgan fingerprint density at radius 3 is 1.62 bits per heavy atom. The molecular formula is C61H39NOS. The fraction of sp³-hybridized carbons (Fsp3) is 0.0164. The monoisotopic (exact) mass is 833 g/mol. The standard InChI is InChI=1S/C61H39NOS/c1-3-15-42(16-4-1)61(43-17-5-2-6-18-43)55-26-10-7-19-49(55)50-38-37-46(39-56(50)61)62(44-33-29-40(30-34-44)47-22-13-24-53-51-20-8-11-27-57(51)63-59(47)53)45-35-31-41(32-36-45)48-23-14-25-54-52-21-9-12-28-58(52)64-60(48)54/h1-39H. The van der Waals surface area contributed by atoms with Crippen molar-refractivity contribution in [3.63, 3.8) is 0 Å². The van der Waals surface area contributed by atoms with Crippen molar-refractivity contribution in [3.05, 3.63) is 259 Å². The lowest BCUT2D eigenvalue weighted by molar-refractivity contribution is 0.670. The number of furan rings is 1. The third-order valence-corrected chi connectivity index (χ3v) is 14.6. The molecule has 2 heterocycles. The quantitative estimate of drug-likeness (QED) is 0.159. The maximum absolute atomic E-state index is 6.50. The summed E-state index contributed by atoms with van der Waals surface area (Å²) in [6.07, 6.45) is 0. The second-order valence-electron chi connectivity index (χ2n) is 16.7. The van der Waals surface area contributed by atoms with Crippen LogP contribution in [0.4, 0.5) is 17.1 Å². The summed E-state index contributed by atoms with van der Waals surface area (Å²) < 4.78 is 9.13. The summed E-state index contributed by atoms with van der Waals surface area (Å²) in [7, 11) is 0. The molecule has 300 valence electrons. The lowest BCUT2D eigenvalue weighted by Crippen LogP contribution is -2.28. The SMILES string of the molecule is c1ccc(C2(c3ccccc3)c3ccccc3-c3ccc(N(c4ccc(-c5cccc6c5oc5ccccc56)cc4)c4ccc(-c5cccc6c5sc5ccccc56)cc4)cc32)cc1. The highest BCUT2D eigenvalue weighted by Gasteiger charge is 2.46. The minimum absolute atomic E-state index is 0.516. The predicted molar refractivity (Wildman–Crippen MR) is 269 cm³/mol. The van der Waals surface area contributed by atoms with Crippen molar-refractivity contribution in [2.24, 2.45) is 0 Å². The maximum atomic E-state index is 6.50. The molecule has 0 atom stereocenters. The predicted octanol–water partition coefficient (Wildman–Crippen LogP) is 17.1. The van der Waals surface area contributed by atoms with Crippen molar-refractivity contribution in [2.45, 2.75) is 5.41 Å². The number of rotatable bonds is 7. The topological polar surface area (TPSA) is 16.4 Å². The molecule has 12 aromatic rings. The highest BCUT2D eigenvalue weighted by atomic mass is 32.1. The second kappa shape index (κ2) is 14.6. The van der Waals surface area contributed by atoms with Gasteiger partial charge in [-0.3, -0.25) is 0 Å². The average Bonchev–Trinajstić information content (AvgIpc) is 4.04. The van der Waals surface area contributed by atoms with Crippen molar-refractivity contribution < 1.29 is 4.42 Å². The van der Waals surface area contributed by atoms with Crippen LogP contribution in [0.5, 0.6) is 0 Å². The van der Waals surface area contributed by atoms with E-state index >= 15 is 0 Å². The van der Waals surface area contributed by atoms with Gasteiger partial charge in [-0.1, -0.05) is 188 Å². The van der Waals surface area contributed by atoms with Crippen LogP contribution in [-0.2, 0) is 5.41 Å². The Bertz CT molecular complexity index is 3520. The molecule has 0 fully saturated rings. The van der Waals surface area contributed by atoms with Crippen LogP contribution >= 0.6 is 11.3 Å². The lowest BCUT2D eigenvalue weighted by atomic mass is 9.67. The van der Waals surface area contributed by atoms with Crippen molar-refractivity contribution in [1.29, 1.82) is 0 Å². The number of para-hydroxylation sites is 2. The maximum Gasteiger partial charge on any atom is 0.143 e. The molecule has 64 heavy (non-hydrogen) atoms. The number of thiophene rings is 1. The summed E-state index contributed by atoms with van der Waals surface area (Å²) in [5, 5.41) is 4.88. The van der Waals surface area contributed by atoms with E-state index in [2.05, 4.69) is 229 Å². The molecule has 0 radical (unpaired) electrons. The highest BCUT2D eigenvalue weighted by Crippen LogP contribution is 2.57. The molecule has 1 aliphatic carbocycles. The molecule has 0 saturated carbocycles. The van der Waals surface area contributed by atoms with E-state index in [0.717, 1.165) is 50.1 Å². The van der Waals surface area contributed by atoms with E-state index in [9.17, 15) is 0 Å². The Hall–Kier alpha value is -7.98. The smallest absolute Gasteiger partial charge is 0.143 e. The fourth-order valence-corrected chi connectivity index (χ4v) is 11.8. The molecule has 2 aromatic heterocycles. The fourth-order valence-electron chi connectivity index (χ4n) is 10.5. The van der Waals surface area contributed by atoms with Gasteiger partial charge in [0.25, 0.3) is 0 Å². The Kier molecular flexibility index (Phi) is 8.34. The lowest BCUT2D eigenvalue weighted by Gasteiger charge is -2.35. The zero-order chi connectivity index (χ0) is 42.2. The number of anilines is 3. The summed E-state index contributed by atoms with van der Waals surface area (Å²) in [5.74, 6) is 0. The minimum Gasteiger partial charge on any atom is -0.455 e. The van der Waals surface area contributed by atoms with Crippen LogP contribution in [0.1, 0.15) is 22.3 Å². The number of benzene rings is 10. The normalized spacial score (nSPS) is 12.8. The Morgan fingerprint density at radius 1 is 0.359 bits per heavy atom. The first-order chi connectivity index (χ1) is 31.7. The van der Waals surface area contributed by atoms with Crippen LogP contribution < -0.4 is 4.90 Å². The first-order valence-corrected chi connectivity index (χ1v) is 22.7. The van der Waals surface area contributed by atoms with E-state index in [1.54, 1.807) is 0 Å². The van der Waals surface area contributed by atoms with E-state index in [4.69, 9.17) is 4.42 Å². The van der Waals surface area contributed by atoms with Crippen molar-refractivity contribution in [1.82, 2.24) is 0 Å². The molecule has 3 heteroatoms. The number of fused-ring (bicyclic) bond motifs is 9. The zero-order valence-electron chi connectivity index (χ0n) is 34.8. The first kappa shape index (κ1) is 36.7. The molecule has 13 rings (SSSR count). The third kappa shape index (κ3) is 5.51. The summed E-state index contributed by atoms with van der Waals surface area (Å²) in [6.45, 7) is 0. The van der Waals surface area contributed by atoms with Crippen LogP contribution in [0.2, 0.25) is 0 Å². The van der Waals surface area contributed by atoms with Gasteiger partial charge in [0.2, 0.25) is 0 Å². The molecule has 0 bridgehead atoms. The van der Waals surface area contributed by atoms with E-state index in [-0.39, 0.29) is 0 Å². The Morgan fingerprint density at radius 2 is 0.891 bits per heavy atom. The molecule has 0 N–H and O–H groups in total. The van der Waals surface area contributed by atoms with Crippen LogP contribution in [0.3, 0.4) is 0 Å². The van der Waals surface area contributed by atoms with Crippen LogP contribution in [0.15, 0.2) is 241 Å². The molecule has 2 nitrogen and oxygen atoms in total. The van der Waals surface area contributed by atoms with Gasteiger partial charge < -0.3 is 9.32 Å². The van der Waals surface area contributed by atoms with Gasteiger partial charge in [0.1, 0.15) is 11.2 Å². The van der Waals surface area contributed by atoms with Crippen LogP contribution in [-0.4, -0.2) is 0 Å². The molecule has 0 aliphatic heterocycles. The molecule has 0 unspecified atom stereocenters. The van der Waals surface area contributed by atoms with Crippen molar-refractivity contribution in [2.75, 3.05) is 4.90 Å². The van der Waals surface area contributed by atoms with Crippen molar-refractivity contribution in [3.8, 4) is 33.4 Å². The van der Waals surface area contributed by atoms with Gasteiger partial charge in [0, 0.05) is 53.6 Å². The number of nitrogens with zero attached hydrogens (tertiary/aromatic N) is 1. The average molecular weight is 834 g/mol. The van der Waals surface area contributed by atoms with Crippen molar-refractivity contribution >= 4 is 70.5 Å². The Labute approximate surface area is 375 Å². The van der Waals surface area contributed by atoms with Crippen LogP contribution in [0.25, 0.3) is 75.5 Å². The first-order valence-electron chi connectivity index (χ1n) is 21.9. The minimum atomic E-state index is -0.516. The van der Waals surface area contributed by atoms with Crippen LogP contribution in [0, 0.1) is 0 Å². The Balaban J connectivity index is 0.995. The van der Waals surface area contributed by atoms with E-state index < -0.39 is 5.41 Å². The molecule has 10 aromatic carbocycles. The van der Waals surface area contributed by atoms with Gasteiger partial charge in [0.15, 0.2) is 0 Å². The summed E-state index contributed by atoms with van der Waals surface area (Å²) >= 11 is 1.87. The summed E-state index contributed by atoms with van der Waals surface area (Å²) in [5.41, 5.74) is 16.8. The van der Waals surface area contributed by atoms with Gasteiger partial charge in [-0.05, 0) is 98.6 Å². The third-order valence-electron chi connectivity index (χ3n) is 13.4. The van der Waals surface area contributed by atoms with E-state index in [1.165, 1.54) is 64.7 Å². The van der Waals surface area contributed by atoms with Gasteiger partial charge in [0.05, 0.1) is 5.41 Å². The molecule has 0 amide bonds. The highest BCUT2D eigenvalue weighted by molar-refractivity contribution is 7.26. The molecule has 1 aliphatic rings. The molecular weight excluding hydrogens is 795 g/mol. The second-order valence-corrected chi connectivity index (χ2v) is 17.8. The number of hydrogen-bond acceptors (Lipinski definition) is 3. The van der Waals surface area contributed by atoms with Gasteiger partial charge in [-0.25, -0.2) is 0 Å². The number of hydrogen-bond donors (Lipinski definition) is 0. The van der Waals surface area contributed by atoms with E-state index in [0.29, 0.717) is 0 Å². The van der Waals surface area contributed by atoms with E-state index in [1.807, 2.05) is 23.5 Å². The van der Waals surface area contributed by atoms with Gasteiger partial charge >= 0.3 is 0 Å².